The van der Waals surface area contributed by atoms with E-state index in [1.54, 1.807) is 12.1 Å². The molecule has 0 saturated heterocycles. The molecular weight excluding hydrogens is 313 g/mol. The molecular formula is C17H12FN3OS. The highest BCUT2D eigenvalue weighted by Crippen LogP contribution is 2.41. The highest BCUT2D eigenvalue weighted by Gasteiger charge is 2.30. The summed E-state index contributed by atoms with van der Waals surface area (Å²) >= 11 is 1.48. The summed E-state index contributed by atoms with van der Waals surface area (Å²) in [5.41, 5.74) is 1.79. The first-order chi connectivity index (χ1) is 11.2. The first-order valence-corrected chi connectivity index (χ1v) is 8.06. The van der Waals surface area contributed by atoms with Crippen LogP contribution in [0.5, 0.6) is 0 Å². The fourth-order valence-electron chi connectivity index (χ4n) is 2.52. The molecule has 1 aliphatic heterocycles. The summed E-state index contributed by atoms with van der Waals surface area (Å²) in [6.45, 7) is 0. The number of hydrogen-bond acceptors (Lipinski definition) is 4. The van der Waals surface area contributed by atoms with Crippen LogP contribution in [0.2, 0.25) is 0 Å². The summed E-state index contributed by atoms with van der Waals surface area (Å²) in [5, 5.41) is 4.83. The lowest BCUT2D eigenvalue weighted by atomic mass is 10.1. The van der Waals surface area contributed by atoms with E-state index in [-0.39, 0.29) is 17.0 Å². The van der Waals surface area contributed by atoms with E-state index in [0.717, 1.165) is 11.1 Å². The van der Waals surface area contributed by atoms with Gasteiger partial charge in [0.15, 0.2) is 11.0 Å². The van der Waals surface area contributed by atoms with Gasteiger partial charge in [0.25, 0.3) is 5.91 Å². The molecule has 6 heteroatoms. The van der Waals surface area contributed by atoms with Crippen LogP contribution in [-0.4, -0.2) is 20.7 Å². The number of rotatable bonds is 2. The molecule has 1 aromatic heterocycles. The smallest absolute Gasteiger partial charge is 0.250 e. The standard InChI is InChI=1S/C17H12FN3OS/c18-13-8-6-11(7-9-13)14-10-15(22)21-17(23-14)19-16(20-21)12-4-2-1-3-5-12/h1-9,14H,10H2/t14-/m0/s1. The summed E-state index contributed by atoms with van der Waals surface area (Å²) in [7, 11) is 0. The van der Waals surface area contributed by atoms with Crippen molar-refractivity contribution in [3.63, 3.8) is 0 Å². The summed E-state index contributed by atoms with van der Waals surface area (Å²) in [6.07, 6.45) is 0.320. The number of benzene rings is 2. The van der Waals surface area contributed by atoms with E-state index in [0.29, 0.717) is 17.4 Å². The fourth-order valence-corrected chi connectivity index (χ4v) is 3.68. The topological polar surface area (TPSA) is 47.8 Å². The quantitative estimate of drug-likeness (QED) is 0.715. The van der Waals surface area contributed by atoms with Crippen LogP contribution >= 0.6 is 11.8 Å². The molecule has 4 nitrogen and oxygen atoms in total. The monoisotopic (exact) mass is 325 g/mol. The molecule has 0 saturated carbocycles. The van der Waals surface area contributed by atoms with E-state index >= 15 is 0 Å². The van der Waals surface area contributed by atoms with Crippen LogP contribution in [0, 0.1) is 5.82 Å². The van der Waals surface area contributed by atoms with Crippen LogP contribution in [-0.2, 0) is 0 Å². The summed E-state index contributed by atoms with van der Waals surface area (Å²) in [5.74, 6) is 0.166. The van der Waals surface area contributed by atoms with Gasteiger partial charge in [-0.25, -0.2) is 9.37 Å². The van der Waals surface area contributed by atoms with Gasteiger partial charge in [0, 0.05) is 17.2 Å². The van der Waals surface area contributed by atoms with Gasteiger partial charge in [-0.15, -0.1) is 5.10 Å². The molecule has 1 atom stereocenters. The number of halogens is 1. The highest BCUT2D eigenvalue weighted by molar-refractivity contribution is 7.99. The van der Waals surface area contributed by atoms with Crippen molar-refractivity contribution in [2.45, 2.75) is 16.8 Å². The van der Waals surface area contributed by atoms with Crippen molar-refractivity contribution in [2.24, 2.45) is 0 Å². The minimum atomic E-state index is -0.282. The lowest BCUT2D eigenvalue weighted by molar-refractivity contribution is 0.0868. The predicted octanol–water partition coefficient (Wildman–Crippen LogP) is 3.96. The van der Waals surface area contributed by atoms with Gasteiger partial charge in [0.1, 0.15) is 5.82 Å². The first-order valence-electron chi connectivity index (χ1n) is 7.18. The maximum Gasteiger partial charge on any atom is 0.250 e. The van der Waals surface area contributed by atoms with Crippen molar-refractivity contribution in [1.82, 2.24) is 14.8 Å². The van der Waals surface area contributed by atoms with E-state index in [1.807, 2.05) is 30.3 Å². The summed E-state index contributed by atoms with van der Waals surface area (Å²) in [6, 6.07) is 15.8. The van der Waals surface area contributed by atoms with Crippen LogP contribution in [0.15, 0.2) is 59.8 Å². The van der Waals surface area contributed by atoms with Crippen LogP contribution in [0.25, 0.3) is 11.4 Å². The number of carbonyl (C=O) groups is 1. The number of fused-ring (bicyclic) bond motifs is 1. The highest BCUT2D eigenvalue weighted by atomic mass is 32.2. The Labute approximate surface area is 136 Å². The number of thioether (sulfide) groups is 1. The average Bonchev–Trinajstić information content (AvgIpc) is 3.01. The third-order valence-electron chi connectivity index (χ3n) is 3.70. The minimum absolute atomic E-state index is 0.0663. The lowest BCUT2D eigenvalue weighted by Crippen LogP contribution is -2.20. The van der Waals surface area contributed by atoms with Crippen LogP contribution in [0.1, 0.15) is 22.0 Å². The molecule has 0 amide bonds. The Bertz CT molecular complexity index is 861. The van der Waals surface area contributed by atoms with Crippen molar-refractivity contribution in [1.29, 1.82) is 0 Å². The molecule has 23 heavy (non-hydrogen) atoms. The third-order valence-corrected chi connectivity index (χ3v) is 4.89. The zero-order valence-corrected chi connectivity index (χ0v) is 12.8. The first kappa shape index (κ1) is 14.1. The van der Waals surface area contributed by atoms with Crippen LogP contribution in [0.3, 0.4) is 0 Å². The third kappa shape index (κ3) is 2.66. The Hall–Kier alpha value is -2.47. The predicted molar refractivity (Wildman–Crippen MR) is 85.7 cm³/mol. The molecule has 0 spiro atoms. The van der Waals surface area contributed by atoms with Gasteiger partial charge in [-0.1, -0.05) is 54.2 Å². The van der Waals surface area contributed by atoms with Crippen LogP contribution < -0.4 is 0 Å². The van der Waals surface area contributed by atoms with E-state index in [1.165, 1.54) is 28.6 Å². The fraction of sp³-hybridized carbons (Fsp3) is 0.118. The minimum Gasteiger partial charge on any atom is -0.272 e. The number of aromatic nitrogens is 3. The lowest BCUT2D eigenvalue weighted by Gasteiger charge is -2.20. The maximum atomic E-state index is 13.1. The second kappa shape index (κ2) is 5.62. The molecule has 0 N–H and O–H groups in total. The molecule has 0 radical (unpaired) electrons. The van der Waals surface area contributed by atoms with E-state index in [2.05, 4.69) is 10.1 Å². The molecule has 0 aliphatic carbocycles. The Balaban J connectivity index is 1.68. The van der Waals surface area contributed by atoms with E-state index in [4.69, 9.17) is 0 Å². The van der Waals surface area contributed by atoms with Crippen molar-refractivity contribution in [2.75, 3.05) is 0 Å². The Kier molecular flexibility index (Phi) is 3.46. The Morgan fingerprint density at radius 3 is 2.57 bits per heavy atom. The molecule has 0 unspecified atom stereocenters. The Morgan fingerprint density at radius 2 is 1.83 bits per heavy atom. The summed E-state index contributed by atoms with van der Waals surface area (Å²) in [4.78, 5) is 16.8. The van der Waals surface area contributed by atoms with Gasteiger partial charge in [0.2, 0.25) is 0 Å². The van der Waals surface area contributed by atoms with Crippen LogP contribution in [0.4, 0.5) is 4.39 Å². The number of carbonyl (C=O) groups excluding carboxylic acids is 1. The van der Waals surface area contributed by atoms with E-state index in [9.17, 15) is 9.18 Å². The van der Waals surface area contributed by atoms with Gasteiger partial charge in [-0.05, 0) is 17.7 Å². The molecule has 4 rings (SSSR count). The van der Waals surface area contributed by atoms with Crippen molar-refractivity contribution < 1.29 is 9.18 Å². The Morgan fingerprint density at radius 1 is 1.09 bits per heavy atom. The molecule has 114 valence electrons. The van der Waals surface area contributed by atoms with Gasteiger partial charge < -0.3 is 0 Å². The SMILES string of the molecule is O=C1C[C@@H](c2ccc(F)cc2)Sc2nc(-c3ccccc3)nn21. The second-order valence-electron chi connectivity index (χ2n) is 5.25. The van der Waals surface area contributed by atoms with Gasteiger partial charge >= 0.3 is 0 Å². The maximum absolute atomic E-state index is 13.1. The molecule has 2 aromatic carbocycles. The summed E-state index contributed by atoms with van der Waals surface area (Å²) < 4.78 is 14.4. The van der Waals surface area contributed by atoms with Gasteiger partial charge in [-0.3, -0.25) is 4.79 Å². The van der Waals surface area contributed by atoms with Gasteiger partial charge in [-0.2, -0.15) is 4.68 Å². The van der Waals surface area contributed by atoms with Crippen molar-refractivity contribution in [3.05, 3.63) is 66.0 Å². The average molecular weight is 325 g/mol. The molecule has 0 fully saturated rings. The van der Waals surface area contributed by atoms with E-state index < -0.39 is 0 Å². The molecule has 0 bridgehead atoms. The zero-order chi connectivity index (χ0) is 15.8. The zero-order valence-electron chi connectivity index (χ0n) is 12.0. The molecule has 1 aliphatic rings. The molecule has 3 aromatic rings. The second-order valence-corrected chi connectivity index (χ2v) is 6.42. The van der Waals surface area contributed by atoms with Gasteiger partial charge in [0.05, 0.1) is 0 Å². The number of nitrogens with zero attached hydrogens (tertiary/aromatic N) is 3. The van der Waals surface area contributed by atoms with Crippen molar-refractivity contribution in [3.8, 4) is 11.4 Å². The largest absolute Gasteiger partial charge is 0.272 e. The normalized spacial score (nSPS) is 17.1. The van der Waals surface area contributed by atoms with Crippen molar-refractivity contribution >= 4 is 17.7 Å². The number of hydrogen-bond donors (Lipinski definition) is 0. The molecule has 2 heterocycles.